The topological polar surface area (TPSA) is 117 Å². The first-order valence-corrected chi connectivity index (χ1v) is 11.6. The van der Waals surface area contributed by atoms with E-state index in [1.54, 1.807) is 39.8 Å². The number of epoxide rings is 1. The number of aliphatic hydroxyl groups excluding tert-OH is 3. The smallest absolute Gasteiger partial charge is 0.333 e. The number of hydrogen-bond acceptors (Lipinski definition) is 7. The average molecular weight is 449 g/mol. The highest BCUT2D eigenvalue weighted by molar-refractivity contribution is 5.95. The Morgan fingerprint density at radius 1 is 1.22 bits per heavy atom. The van der Waals surface area contributed by atoms with Crippen molar-refractivity contribution in [1.29, 1.82) is 0 Å². The third-order valence-corrected chi connectivity index (χ3v) is 8.78. The summed E-state index contributed by atoms with van der Waals surface area (Å²) in [6.45, 7) is 12.6. The Hall–Kier alpha value is -1.54. The van der Waals surface area contributed by atoms with Crippen LogP contribution in [0.4, 0.5) is 0 Å². The minimum atomic E-state index is -1.22. The van der Waals surface area contributed by atoms with E-state index in [1.807, 2.05) is 20.8 Å². The Morgan fingerprint density at radius 3 is 2.44 bits per heavy atom. The first-order valence-electron chi connectivity index (χ1n) is 11.6. The number of ether oxygens (including phenoxy) is 2. The number of fused-ring (bicyclic) bond motifs is 1. The molecule has 10 unspecified atom stereocenters. The molecule has 0 spiro atoms. The summed E-state index contributed by atoms with van der Waals surface area (Å²) in [5, 5.41) is 33.5. The molecule has 2 saturated carbocycles. The fourth-order valence-corrected chi connectivity index (χ4v) is 6.51. The van der Waals surface area contributed by atoms with Gasteiger partial charge in [-0.05, 0) is 56.1 Å². The number of carbonyl (C=O) groups is 2. The fourth-order valence-electron chi connectivity index (χ4n) is 6.51. The molecule has 3 fully saturated rings. The SMILES string of the molecule is CC=C(C)C(=O)OC1C(O)C(C)=CC23OC2(CC(C)C3O)C(=O)C(C)C(O)C2C1C2(C)C. The highest BCUT2D eigenvalue weighted by Gasteiger charge is 2.82. The van der Waals surface area contributed by atoms with Gasteiger partial charge in [0.1, 0.15) is 12.2 Å². The average Bonchev–Trinajstić information content (AvgIpc) is 3.54. The molecule has 0 bridgehead atoms. The van der Waals surface area contributed by atoms with Crippen molar-refractivity contribution in [3.05, 3.63) is 23.3 Å². The Labute approximate surface area is 189 Å². The first kappa shape index (κ1) is 23.6. The summed E-state index contributed by atoms with van der Waals surface area (Å²) in [6.07, 6.45) is -0.285. The second-order valence-electron chi connectivity index (χ2n) is 11.0. The second-order valence-corrected chi connectivity index (χ2v) is 11.0. The van der Waals surface area contributed by atoms with Gasteiger partial charge in [0.15, 0.2) is 17.0 Å². The van der Waals surface area contributed by atoms with Crippen molar-refractivity contribution in [3.8, 4) is 0 Å². The van der Waals surface area contributed by atoms with E-state index in [2.05, 4.69) is 0 Å². The predicted octanol–water partition coefficient (Wildman–Crippen LogP) is 1.93. The summed E-state index contributed by atoms with van der Waals surface area (Å²) in [7, 11) is 0. The van der Waals surface area contributed by atoms with Crippen LogP contribution < -0.4 is 0 Å². The van der Waals surface area contributed by atoms with E-state index < -0.39 is 52.9 Å². The summed E-state index contributed by atoms with van der Waals surface area (Å²) < 4.78 is 11.8. The lowest BCUT2D eigenvalue weighted by atomic mass is 9.81. The third kappa shape index (κ3) is 2.94. The molecule has 4 rings (SSSR count). The molecule has 3 N–H and O–H groups in total. The van der Waals surface area contributed by atoms with Crippen molar-refractivity contribution in [2.75, 3.05) is 0 Å². The fraction of sp³-hybridized carbons (Fsp3) is 0.760. The maximum absolute atomic E-state index is 13.6. The van der Waals surface area contributed by atoms with Crippen LogP contribution in [0, 0.1) is 29.1 Å². The van der Waals surface area contributed by atoms with Gasteiger partial charge in [-0.15, -0.1) is 0 Å². The number of aliphatic hydroxyl groups is 3. The molecular formula is C25H36O7. The van der Waals surface area contributed by atoms with E-state index in [4.69, 9.17) is 9.47 Å². The van der Waals surface area contributed by atoms with Crippen molar-refractivity contribution < 1.29 is 34.4 Å². The molecule has 178 valence electrons. The summed E-state index contributed by atoms with van der Waals surface area (Å²) in [5.74, 6) is -2.29. The summed E-state index contributed by atoms with van der Waals surface area (Å²) in [6, 6.07) is 0. The summed E-state index contributed by atoms with van der Waals surface area (Å²) >= 11 is 0. The van der Waals surface area contributed by atoms with Gasteiger partial charge < -0.3 is 24.8 Å². The molecule has 0 aromatic rings. The van der Waals surface area contributed by atoms with Crippen LogP contribution in [0.15, 0.2) is 23.3 Å². The molecule has 4 aliphatic rings. The van der Waals surface area contributed by atoms with Gasteiger partial charge >= 0.3 is 5.97 Å². The Kier molecular flexibility index (Phi) is 5.33. The lowest BCUT2D eigenvalue weighted by Gasteiger charge is -2.27. The Bertz CT molecular complexity index is 904. The van der Waals surface area contributed by atoms with Gasteiger partial charge in [-0.3, -0.25) is 4.79 Å². The van der Waals surface area contributed by atoms with Crippen LogP contribution in [-0.2, 0) is 19.1 Å². The van der Waals surface area contributed by atoms with Crippen LogP contribution in [0.25, 0.3) is 0 Å². The molecule has 0 aromatic carbocycles. The van der Waals surface area contributed by atoms with Crippen LogP contribution in [0.1, 0.15) is 54.9 Å². The van der Waals surface area contributed by atoms with Gasteiger partial charge in [0.25, 0.3) is 0 Å². The van der Waals surface area contributed by atoms with Crippen LogP contribution in [0.3, 0.4) is 0 Å². The minimum Gasteiger partial charge on any atom is -0.456 e. The molecular weight excluding hydrogens is 412 g/mol. The number of esters is 1. The monoisotopic (exact) mass is 448 g/mol. The highest BCUT2D eigenvalue weighted by atomic mass is 16.7. The Balaban J connectivity index is 1.81. The van der Waals surface area contributed by atoms with Gasteiger partial charge in [0.2, 0.25) is 0 Å². The molecule has 3 aliphatic carbocycles. The zero-order valence-corrected chi connectivity index (χ0v) is 20.0. The van der Waals surface area contributed by atoms with E-state index in [0.29, 0.717) is 17.6 Å². The second kappa shape index (κ2) is 7.23. The number of rotatable bonds is 2. The molecule has 10 atom stereocenters. The molecule has 0 aromatic heterocycles. The Morgan fingerprint density at radius 2 is 1.84 bits per heavy atom. The molecule has 1 aliphatic heterocycles. The van der Waals surface area contributed by atoms with Gasteiger partial charge in [-0.1, -0.05) is 33.8 Å². The first-order chi connectivity index (χ1) is 14.8. The van der Waals surface area contributed by atoms with Crippen LogP contribution >= 0.6 is 0 Å². The summed E-state index contributed by atoms with van der Waals surface area (Å²) in [4.78, 5) is 26.2. The number of allylic oxidation sites excluding steroid dienone is 1. The molecule has 1 saturated heterocycles. The molecule has 7 heteroatoms. The quantitative estimate of drug-likeness (QED) is 0.256. The lowest BCUT2D eigenvalue weighted by molar-refractivity contribution is -0.151. The number of ketones is 1. The van der Waals surface area contributed by atoms with Crippen molar-refractivity contribution in [1.82, 2.24) is 0 Å². The largest absolute Gasteiger partial charge is 0.456 e. The van der Waals surface area contributed by atoms with Gasteiger partial charge in [-0.2, -0.15) is 0 Å². The summed E-state index contributed by atoms with van der Waals surface area (Å²) in [5.41, 5.74) is -1.95. The van der Waals surface area contributed by atoms with Crippen molar-refractivity contribution in [3.63, 3.8) is 0 Å². The van der Waals surface area contributed by atoms with Gasteiger partial charge in [0.05, 0.1) is 12.2 Å². The number of carbonyl (C=O) groups excluding carboxylic acids is 2. The lowest BCUT2D eigenvalue weighted by Crippen LogP contribution is -2.41. The maximum Gasteiger partial charge on any atom is 0.333 e. The maximum atomic E-state index is 13.6. The van der Waals surface area contributed by atoms with E-state index in [9.17, 15) is 24.9 Å². The van der Waals surface area contributed by atoms with Crippen molar-refractivity contribution >= 4 is 11.8 Å². The van der Waals surface area contributed by atoms with E-state index in [-0.39, 0.29) is 23.5 Å². The van der Waals surface area contributed by atoms with E-state index >= 15 is 0 Å². The van der Waals surface area contributed by atoms with E-state index in [0.717, 1.165) is 0 Å². The normalized spacial score (nSPS) is 49.8. The van der Waals surface area contributed by atoms with Gasteiger partial charge in [-0.25, -0.2) is 4.79 Å². The predicted molar refractivity (Wildman–Crippen MR) is 116 cm³/mol. The zero-order valence-electron chi connectivity index (χ0n) is 20.0. The number of Topliss-reactive ketones (excluding diaryl/α,β-unsaturated/α-hetero) is 1. The minimum absolute atomic E-state index is 0.169. The molecule has 32 heavy (non-hydrogen) atoms. The van der Waals surface area contributed by atoms with Crippen molar-refractivity contribution in [2.24, 2.45) is 29.1 Å². The standard InChI is InChI=1S/C25H36O7/c1-8-11(2)22(30)31-19-16-15(23(16,6)7)18(27)14(5)21(29)25-10-13(4)20(28)24(25,32-25)9-12(3)17(19)26/h8-9,13-20,26-28H,10H2,1-7H3. The molecule has 0 amide bonds. The van der Waals surface area contributed by atoms with Gasteiger partial charge in [0, 0.05) is 17.4 Å². The van der Waals surface area contributed by atoms with E-state index in [1.165, 1.54) is 0 Å². The zero-order chi connectivity index (χ0) is 24.0. The third-order valence-electron chi connectivity index (χ3n) is 8.78. The van der Waals surface area contributed by atoms with Crippen LogP contribution in [0.2, 0.25) is 0 Å². The highest BCUT2D eigenvalue weighted by Crippen LogP contribution is 2.67. The molecule has 7 nitrogen and oxygen atoms in total. The van der Waals surface area contributed by atoms with Crippen molar-refractivity contribution in [2.45, 2.75) is 90.5 Å². The molecule has 0 radical (unpaired) electrons. The van der Waals surface area contributed by atoms with Crippen LogP contribution in [0.5, 0.6) is 0 Å². The van der Waals surface area contributed by atoms with Crippen LogP contribution in [-0.4, -0.2) is 62.7 Å². The number of hydrogen-bond donors (Lipinski definition) is 3. The molecule has 1 heterocycles.